The number of rotatable bonds is 6. The zero-order valence-electron chi connectivity index (χ0n) is 13.4. The van der Waals surface area contributed by atoms with Crippen LogP contribution in [0.3, 0.4) is 0 Å². The molecule has 128 valence electrons. The van der Waals surface area contributed by atoms with Gasteiger partial charge in [0.15, 0.2) is 17.7 Å². The number of tetrazole rings is 1. The summed E-state index contributed by atoms with van der Waals surface area (Å²) in [5.41, 5.74) is 0.722. The molecule has 3 rings (SSSR count). The number of nitrogens with zero attached hydrogens (tertiary/aromatic N) is 4. The molecule has 3 aromatic rings. The monoisotopic (exact) mass is 342 g/mol. The van der Waals surface area contributed by atoms with Crippen LogP contribution in [0.15, 0.2) is 54.9 Å². The van der Waals surface area contributed by atoms with Gasteiger partial charge in [-0.05, 0) is 53.2 Å². The first kappa shape index (κ1) is 16.6. The van der Waals surface area contributed by atoms with Gasteiger partial charge in [-0.2, -0.15) is 0 Å². The van der Waals surface area contributed by atoms with Gasteiger partial charge in [-0.3, -0.25) is 0 Å². The summed E-state index contributed by atoms with van der Waals surface area (Å²) in [5.74, 6) is -0.766. The van der Waals surface area contributed by atoms with Gasteiger partial charge < -0.3 is 9.47 Å². The number of para-hydroxylation sites is 1. The van der Waals surface area contributed by atoms with E-state index >= 15 is 0 Å². The van der Waals surface area contributed by atoms with E-state index in [-0.39, 0.29) is 5.75 Å². The minimum absolute atomic E-state index is 0.0142. The van der Waals surface area contributed by atoms with Gasteiger partial charge in [-0.25, -0.2) is 13.9 Å². The lowest BCUT2D eigenvalue weighted by atomic mass is 10.2. The highest BCUT2D eigenvalue weighted by Crippen LogP contribution is 2.20. The van der Waals surface area contributed by atoms with E-state index in [1.54, 1.807) is 43.3 Å². The Morgan fingerprint density at radius 2 is 1.96 bits per heavy atom. The molecule has 25 heavy (non-hydrogen) atoms. The van der Waals surface area contributed by atoms with Crippen LogP contribution in [0, 0.1) is 5.82 Å². The minimum Gasteiger partial charge on any atom is -0.476 e. The zero-order chi connectivity index (χ0) is 17.6. The number of hydrogen-bond acceptors (Lipinski definition) is 6. The van der Waals surface area contributed by atoms with E-state index in [1.165, 1.54) is 23.1 Å². The third-order valence-electron chi connectivity index (χ3n) is 3.41. The van der Waals surface area contributed by atoms with Crippen LogP contribution in [0.4, 0.5) is 4.39 Å². The van der Waals surface area contributed by atoms with Crippen molar-refractivity contribution in [3.05, 3.63) is 60.7 Å². The second kappa shape index (κ2) is 7.52. The quantitative estimate of drug-likeness (QED) is 0.506. The lowest BCUT2D eigenvalue weighted by molar-refractivity contribution is -0.142. The van der Waals surface area contributed by atoms with E-state index in [0.29, 0.717) is 12.2 Å². The number of carbonyl (C=O) groups excluding carboxylic acids is 1. The predicted molar refractivity (Wildman–Crippen MR) is 85.9 cm³/mol. The SMILES string of the molecule is CC[C@H](Oc1ccccc1F)C(=O)Oc1ccc(-n2cnnn2)cc1. The van der Waals surface area contributed by atoms with E-state index in [9.17, 15) is 9.18 Å². The summed E-state index contributed by atoms with van der Waals surface area (Å²) in [5, 5.41) is 10.9. The average molecular weight is 342 g/mol. The van der Waals surface area contributed by atoms with Crippen LogP contribution in [-0.2, 0) is 4.79 Å². The Morgan fingerprint density at radius 3 is 2.60 bits per heavy atom. The Bertz CT molecular complexity index is 837. The second-order valence-corrected chi connectivity index (χ2v) is 5.11. The van der Waals surface area contributed by atoms with Gasteiger partial charge in [0.25, 0.3) is 0 Å². The number of carbonyl (C=O) groups is 1. The van der Waals surface area contributed by atoms with Crippen LogP contribution in [0.25, 0.3) is 5.69 Å². The molecule has 0 bridgehead atoms. The fraction of sp³-hybridized carbons (Fsp3) is 0.176. The average Bonchev–Trinajstić information content (AvgIpc) is 3.16. The molecule has 0 amide bonds. The van der Waals surface area contributed by atoms with E-state index in [1.807, 2.05) is 0 Å². The number of hydrogen-bond donors (Lipinski definition) is 0. The maximum Gasteiger partial charge on any atom is 0.352 e. The summed E-state index contributed by atoms with van der Waals surface area (Å²) < 4.78 is 25.9. The lowest BCUT2D eigenvalue weighted by Crippen LogP contribution is -2.31. The molecule has 0 N–H and O–H groups in total. The normalized spacial score (nSPS) is 11.8. The third kappa shape index (κ3) is 3.97. The summed E-state index contributed by atoms with van der Waals surface area (Å²) in [6.45, 7) is 1.76. The van der Waals surface area contributed by atoms with Crippen molar-refractivity contribution in [2.24, 2.45) is 0 Å². The van der Waals surface area contributed by atoms with E-state index in [0.717, 1.165) is 5.69 Å². The first-order chi connectivity index (χ1) is 12.2. The van der Waals surface area contributed by atoms with Crippen LogP contribution in [0.2, 0.25) is 0 Å². The Kier molecular flexibility index (Phi) is 4.98. The standard InChI is InChI=1S/C17H15FN4O3/c1-2-15(25-16-6-4-3-5-14(16)18)17(23)24-13-9-7-12(8-10-13)22-11-19-20-21-22/h3-11,15H,2H2,1H3/t15-/m0/s1. The molecule has 8 heteroatoms. The van der Waals surface area contributed by atoms with Crippen molar-refractivity contribution in [3.63, 3.8) is 0 Å². The highest BCUT2D eigenvalue weighted by atomic mass is 19.1. The molecule has 0 radical (unpaired) electrons. The highest BCUT2D eigenvalue weighted by molar-refractivity contribution is 5.77. The molecule has 0 unspecified atom stereocenters. The van der Waals surface area contributed by atoms with E-state index in [2.05, 4.69) is 15.5 Å². The van der Waals surface area contributed by atoms with E-state index in [4.69, 9.17) is 9.47 Å². The second-order valence-electron chi connectivity index (χ2n) is 5.11. The van der Waals surface area contributed by atoms with Gasteiger partial charge in [-0.15, -0.1) is 5.10 Å². The van der Waals surface area contributed by atoms with Crippen LogP contribution in [0.5, 0.6) is 11.5 Å². The molecule has 1 atom stereocenters. The Hall–Kier alpha value is -3.29. The van der Waals surface area contributed by atoms with Gasteiger partial charge in [0.2, 0.25) is 0 Å². The zero-order valence-corrected chi connectivity index (χ0v) is 13.4. The molecule has 1 aromatic heterocycles. The molecule has 1 heterocycles. The van der Waals surface area contributed by atoms with Gasteiger partial charge in [0.05, 0.1) is 5.69 Å². The maximum atomic E-state index is 13.7. The minimum atomic E-state index is -0.906. The molecular weight excluding hydrogens is 327 g/mol. The summed E-state index contributed by atoms with van der Waals surface area (Å²) in [7, 11) is 0. The van der Waals surface area contributed by atoms with E-state index < -0.39 is 17.9 Å². The molecule has 0 saturated carbocycles. The summed E-state index contributed by atoms with van der Waals surface area (Å²) in [6, 6.07) is 12.6. The van der Waals surface area contributed by atoms with Crippen LogP contribution < -0.4 is 9.47 Å². The maximum absolute atomic E-state index is 13.7. The molecule has 2 aromatic carbocycles. The van der Waals surface area contributed by atoms with Crippen molar-refractivity contribution < 1.29 is 18.7 Å². The third-order valence-corrected chi connectivity index (χ3v) is 3.41. The predicted octanol–water partition coefficient (Wildman–Crippen LogP) is 2.56. The molecular formula is C17H15FN4O3. The van der Waals surface area contributed by atoms with Gasteiger partial charge in [0.1, 0.15) is 12.1 Å². The first-order valence-corrected chi connectivity index (χ1v) is 7.63. The van der Waals surface area contributed by atoms with Crippen molar-refractivity contribution in [1.29, 1.82) is 0 Å². The smallest absolute Gasteiger partial charge is 0.352 e. The van der Waals surface area contributed by atoms with Crippen LogP contribution >= 0.6 is 0 Å². The van der Waals surface area contributed by atoms with Crippen molar-refractivity contribution >= 4 is 5.97 Å². The Balaban J connectivity index is 1.66. The van der Waals surface area contributed by atoms with Gasteiger partial charge in [-0.1, -0.05) is 19.1 Å². The van der Waals surface area contributed by atoms with Crippen molar-refractivity contribution in [3.8, 4) is 17.2 Å². The molecule has 0 spiro atoms. The molecule has 0 aliphatic carbocycles. The Morgan fingerprint density at radius 1 is 1.20 bits per heavy atom. The van der Waals surface area contributed by atoms with Crippen LogP contribution in [0.1, 0.15) is 13.3 Å². The molecule has 0 aliphatic rings. The first-order valence-electron chi connectivity index (χ1n) is 7.63. The van der Waals surface area contributed by atoms with Crippen molar-refractivity contribution in [2.45, 2.75) is 19.4 Å². The number of aromatic nitrogens is 4. The fourth-order valence-electron chi connectivity index (χ4n) is 2.12. The number of halogens is 1. The summed E-state index contributed by atoms with van der Waals surface area (Å²) in [6.07, 6.45) is 0.891. The van der Waals surface area contributed by atoms with Gasteiger partial charge >= 0.3 is 5.97 Å². The number of esters is 1. The molecule has 0 aliphatic heterocycles. The summed E-state index contributed by atoms with van der Waals surface area (Å²) >= 11 is 0. The largest absolute Gasteiger partial charge is 0.476 e. The van der Waals surface area contributed by atoms with Crippen LogP contribution in [-0.4, -0.2) is 32.3 Å². The summed E-state index contributed by atoms with van der Waals surface area (Å²) in [4.78, 5) is 12.3. The Labute approximate surface area is 143 Å². The molecule has 0 saturated heterocycles. The number of ether oxygens (including phenoxy) is 2. The molecule has 0 fully saturated rings. The van der Waals surface area contributed by atoms with Crippen molar-refractivity contribution in [2.75, 3.05) is 0 Å². The highest BCUT2D eigenvalue weighted by Gasteiger charge is 2.22. The van der Waals surface area contributed by atoms with Gasteiger partial charge in [0, 0.05) is 0 Å². The molecule has 7 nitrogen and oxygen atoms in total. The van der Waals surface area contributed by atoms with Crippen molar-refractivity contribution in [1.82, 2.24) is 20.2 Å². The topological polar surface area (TPSA) is 79.1 Å². The number of benzene rings is 2. The fourth-order valence-corrected chi connectivity index (χ4v) is 2.12. The lowest BCUT2D eigenvalue weighted by Gasteiger charge is -2.16.